The second kappa shape index (κ2) is 9.38. The number of ether oxygens (including phenoxy) is 1. The number of hydrogen-bond acceptors (Lipinski definition) is 5. The number of methoxy groups -OCH3 is 1. The van der Waals surface area contributed by atoms with E-state index in [0.717, 1.165) is 12.8 Å². The first kappa shape index (κ1) is 21.7. The lowest BCUT2D eigenvalue weighted by Crippen LogP contribution is -2.37. The zero-order valence-corrected chi connectivity index (χ0v) is 16.4. The maximum absolute atomic E-state index is 12.8. The van der Waals surface area contributed by atoms with Crippen molar-refractivity contribution in [2.24, 2.45) is 0 Å². The van der Waals surface area contributed by atoms with E-state index in [1.165, 1.54) is 23.5 Å². The summed E-state index contributed by atoms with van der Waals surface area (Å²) in [5, 5.41) is 5.81. The topological polar surface area (TPSA) is 87.7 Å². The van der Waals surface area contributed by atoms with Crippen LogP contribution < -0.4 is 15.4 Å². The third-order valence-corrected chi connectivity index (χ3v) is 6.09. The molecule has 1 fully saturated rings. The van der Waals surface area contributed by atoms with Crippen LogP contribution in [0, 0.1) is 0 Å². The summed E-state index contributed by atoms with van der Waals surface area (Å²) in [7, 11) is -0.424. The highest BCUT2D eigenvalue weighted by molar-refractivity contribution is 7.89. The van der Waals surface area contributed by atoms with Crippen LogP contribution >= 0.6 is 12.4 Å². The van der Waals surface area contributed by atoms with Crippen LogP contribution in [-0.4, -0.2) is 58.5 Å². The van der Waals surface area contributed by atoms with Crippen LogP contribution in [0.3, 0.4) is 0 Å². The Morgan fingerprint density at radius 3 is 2.52 bits per heavy atom. The summed E-state index contributed by atoms with van der Waals surface area (Å²) in [6.45, 7) is 3.40. The smallest absolute Gasteiger partial charge is 0.251 e. The fourth-order valence-corrected chi connectivity index (χ4v) is 4.24. The minimum absolute atomic E-state index is 0. The number of halogens is 1. The standard InChI is InChI=1S/C16H25N3O4S.ClH/c1-12(17-2)11-18-16(20)13-6-7-14(23-3)15(10-13)24(21,22)19-8-4-5-9-19;/h6-7,10,12,17H,4-5,8-9,11H2,1-3H3,(H,18,20);1H. The average Bonchev–Trinajstić information content (AvgIpc) is 3.14. The Labute approximate surface area is 155 Å². The largest absolute Gasteiger partial charge is 0.495 e. The number of hydrogen-bond donors (Lipinski definition) is 2. The molecule has 0 saturated carbocycles. The summed E-state index contributed by atoms with van der Waals surface area (Å²) in [6, 6.07) is 4.62. The lowest BCUT2D eigenvalue weighted by molar-refractivity contribution is 0.0950. The number of carbonyl (C=O) groups excluding carboxylic acids is 1. The Morgan fingerprint density at radius 1 is 1.32 bits per heavy atom. The third kappa shape index (κ3) is 5.07. The molecule has 1 unspecified atom stereocenters. The average molecular weight is 392 g/mol. The molecule has 1 saturated heterocycles. The molecule has 0 aromatic heterocycles. The molecule has 2 N–H and O–H groups in total. The monoisotopic (exact) mass is 391 g/mol. The van der Waals surface area contributed by atoms with Crippen LogP contribution in [0.1, 0.15) is 30.1 Å². The van der Waals surface area contributed by atoms with Gasteiger partial charge in [-0.3, -0.25) is 4.79 Å². The van der Waals surface area contributed by atoms with E-state index in [1.807, 2.05) is 14.0 Å². The number of rotatable bonds is 7. The van der Waals surface area contributed by atoms with E-state index in [4.69, 9.17) is 4.74 Å². The number of amides is 1. The Bertz CT molecular complexity index is 691. The molecule has 1 aromatic rings. The molecule has 1 aliphatic rings. The summed E-state index contributed by atoms with van der Waals surface area (Å²) < 4.78 is 32.2. The van der Waals surface area contributed by atoms with Gasteiger partial charge in [-0.2, -0.15) is 4.31 Å². The summed E-state index contributed by atoms with van der Waals surface area (Å²) >= 11 is 0. The van der Waals surface area contributed by atoms with E-state index in [0.29, 0.717) is 25.2 Å². The highest BCUT2D eigenvalue weighted by atomic mass is 35.5. The normalized spacial score (nSPS) is 16.1. The SMILES string of the molecule is CNC(C)CNC(=O)c1ccc(OC)c(S(=O)(=O)N2CCCC2)c1.Cl. The first-order valence-corrected chi connectivity index (χ1v) is 9.47. The van der Waals surface area contributed by atoms with Gasteiger partial charge in [0, 0.05) is 31.2 Å². The van der Waals surface area contributed by atoms with E-state index in [1.54, 1.807) is 6.07 Å². The van der Waals surface area contributed by atoms with Crippen LogP contribution in [-0.2, 0) is 10.0 Å². The van der Waals surface area contributed by atoms with Crippen molar-refractivity contribution in [3.63, 3.8) is 0 Å². The van der Waals surface area contributed by atoms with Gasteiger partial charge in [-0.25, -0.2) is 8.42 Å². The Morgan fingerprint density at radius 2 is 1.96 bits per heavy atom. The van der Waals surface area contributed by atoms with Gasteiger partial charge in [0.25, 0.3) is 5.91 Å². The number of likely N-dealkylation sites (N-methyl/N-ethyl adjacent to an activating group) is 1. The van der Waals surface area contributed by atoms with Crippen LogP contribution in [0.25, 0.3) is 0 Å². The molecular formula is C16H26ClN3O4S. The van der Waals surface area contributed by atoms with Crippen molar-refractivity contribution in [2.75, 3.05) is 33.8 Å². The van der Waals surface area contributed by atoms with Crippen molar-refractivity contribution in [3.8, 4) is 5.75 Å². The molecule has 1 aliphatic heterocycles. The fraction of sp³-hybridized carbons (Fsp3) is 0.562. The highest BCUT2D eigenvalue weighted by Crippen LogP contribution is 2.29. The molecule has 2 rings (SSSR count). The van der Waals surface area contributed by atoms with Crippen LogP contribution in [0.5, 0.6) is 5.75 Å². The van der Waals surface area contributed by atoms with Crippen molar-refractivity contribution in [1.29, 1.82) is 0 Å². The van der Waals surface area contributed by atoms with Gasteiger partial charge in [0.2, 0.25) is 10.0 Å². The molecule has 1 atom stereocenters. The second-order valence-corrected chi connectivity index (χ2v) is 7.78. The second-order valence-electron chi connectivity index (χ2n) is 5.88. The van der Waals surface area contributed by atoms with Gasteiger partial charge in [-0.1, -0.05) is 0 Å². The van der Waals surface area contributed by atoms with Crippen molar-refractivity contribution >= 4 is 28.3 Å². The number of carbonyl (C=O) groups is 1. The summed E-state index contributed by atoms with van der Waals surface area (Å²) in [4.78, 5) is 12.3. The van der Waals surface area contributed by atoms with Crippen molar-refractivity contribution in [2.45, 2.75) is 30.7 Å². The minimum Gasteiger partial charge on any atom is -0.495 e. The summed E-state index contributed by atoms with van der Waals surface area (Å²) in [5.41, 5.74) is 0.303. The number of nitrogens with zero attached hydrogens (tertiary/aromatic N) is 1. The van der Waals surface area contributed by atoms with Crippen molar-refractivity contribution < 1.29 is 17.9 Å². The van der Waals surface area contributed by atoms with Gasteiger partial charge in [0.1, 0.15) is 10.6 Å². The fourth-order valence-electron chi connectivity index (χ4n) is 2.54. The molecule has 0 radical (unpaired) electrons. The Balaban J connectivity index is 0.00000312. The predicted molar refractivity (Wildman–Crippen MR) is 99.1 cm³/mol. The minimum atomic E-state index is -3.66. The molecule has 1 heterocycles. The molecule has 1 aromatic carbocycles. The lowest BCUT2D eigenvalue weighted by Gasteiger charge is -2.18. The zero-order valence-electron chi connectivity index (χ0n) is 14.7. The third-order valence-electron chi connectivity index (χ3n) is 4.17. The zero-order chi connectivity index (χ0) is 17.7. The van der Waals surface area contributed by atoms with Gasteiger partial charge in [-0.15, -0.1) is 12.4 Å². The number of nitrogens with one attached hydrogen (secondary N) is 2. The van der Waals surface area contributed by atoms with Crippen molar-refractivity contribution in [1.82, 2.24) is 14.9 Å². The molecule has 0 bridgehead atoms. The van der Waals surface area contributed by atoms with Gasteiger partial charge in [0.15, 0.2) is 0 Å². The molecule has 25 heavy (non-hydrogen) atoms. The number of sulfonamides is 1. The molecule has 142 valence electrons. The Hall–Kier alpha value is -1.35. The lowest BCUT2D eigenvalue weighted by atomic mass is 10.2. The summed E-state index contributed by atoms with van der Waals surface area (Å²) in [5.74, 6) is -0.0559. The molecule has 9 heteroatoms. The van der Waals surface area contributed by atoms with Crippen LogP contribution in [0.2, 0.25) is 0 Å². The van der Waals surface area contributed by atoms with Crippen molar-refractivity contribution in [3.05, 3.63) is 23.8 Å². The molecule has 0 aliphatic carbocycles. The maximum atomic E-state index is 12.8. The van der Waals surface area contributed by atoms with E-state index in [9.17, 15) is 13.2 Å². The predicted octanol–water partition coefficient (Wildman–Crippen LogP) is 1.24. The van der Waals surface area contributed by atoms with Gasteiger partial charge >= 0.3 is 0 Å². The molecule has 1 amide bonds. The van der Waals surface area contributed by atoms with E-state index in [-0.39, 0.29) is 35.0 Å². The van der Waals surface area contributed by atoms with Gasteiger partial charge in [0.05, 0.1) is 7.11 Å². The first-order chi connectivity index (χ1) is 11.4. The maximum Gasteiger partial charge on any atom is 0.251 e. The van der Waals surface area contributed by atoms with E-state index >= 15 is 0 Å². The van der Waals surface area contributed by atoms with Crippen LogP contribution in [0.15, 0.2) is 23.1 Å². The van der Waals surface area contributed by atoms with E-state index in [2.05, 4.69) is 10.6 Å². The first-order valence-electron chi connectivity index (χ1n) is 8.03. The Kier molecular flexibility index (Phi) is 8.14. The van der Waals surface area contributed by atoms with Gasteiger partial charge in [-0.05, 0) is 45.0 Å². The quantitative estimate of drug-likeness (QED) is 0.730. The number of benzene rings is 1. The van der Waals surface area contributed by atoms with Gasteiger partial charge < -0.3 is 15.4 Å². The van der Waals surface area contributed by atoms with E-state index < -0.39 is 10.0 Å². The molecular weight excluding hydrogens is 366 g/mol. The molecule has 7 nitrogen and oxygen atoms in total. The molecule has 0 spiro atoms. The van der Waals surface area contributed by atoms with Crippen LogP contribution in [0.4, 0.5) is 0 Å². The summed E-state index contributed by atoms with van der Waals surface area (Å²) in [6.07, 6.45) is 1.70. The highest BCUT2D eigenvalue weighted by Gasteiger charge is 2.30.